The van der Waals surface area contributed by atoms with Crippen LogP contribution in [0, 0.1) is 25.2 Å². The van der Waals surface area contributed by atoms with E-state index >= 15 is 0 Å². The maximum atomic E-state index is 9.43. The van der Waals surface area contributed by atoms with Gasteiger partial charge in [0, 0.05) is 6.07 Å². The number of ether oxygens (including phenoxy) is 1. The van der Waals surface area contributed by atoms with Crippen molar-refractivity contribution in [3.63, 3.8) is 0 Å². The third-order valence-electron chi connectivity index (χ3n) is 3.98. The number of benzene rings is 2. The van der Waals surface area contributed by atoms with E-state index in [-0.39, 0.29) is 0 Å². The molecule has 0 spiro atoms. The molecule has 3 aromatic rings. The summed E-state index contributed by atoms with van der Waals surface area (Å²) >= 11 is 0. The van der Waals surface area contributed by atoms with Gasteiger partial charge in [-0.2, -0.15) is 5.26 Å². The summed E-state index contributed by atoms with van der Waals surface area (Å²) in [4.78, 5) is 0. The molecular formula is C20H19N3O. The number of rotatable bonds is 4. The second kappa shape index (κ2) is 6.51. The molecule has 0 aliphatic rings. The quantitative estimate of drug-likeness (QED) is 0.775. The molecule has 1 aromatic heterocycles. The molecule has 4 nitrogen and oxygen atoms in total. The van der Waals surface area contributed by atoms with E-state index in [1.807, 2.05) is 54.0 Å². The summed E-state index contributed by atoms with van der Waals surface area (Å²) in [6.07, 6.45) is 0. The van der Waals surface area contributed by atoms with E-state index < -0.39 is 0 Å². The number of hydrogen-bond acceptors (Lipinski definition) is 3. The van der Waals surface area contributed by atoms with Crippen molar-refractivity contribution in [3.8, 4) is 17.7 Å². The van der Waals surface area contributed by atoms with Gasteiger partial charge in [-0.05, 0) is 42.7 Å². The average Bonchev–Trinajstić information content (AvgIpc) is 2.85. The lowest BCUT2D eigenvalue weighted by Crippen LogP contribution is -2.06. The predicted molar refractivity (Wildman–Crippen MR) is 95.1 cm³/mol. The highest BCUT2D eigenvalue weighted by Gasteiger charge is 2.16. The Balaban J connectivity index is 2.02. The van der Waals surface area contributed by atoms with E-state index in [2.05, 4.69) is 19.1 Å². The number of anilines is 1. The van der Waals surface area contributed by atoms with Crippen LogP contribution in [0.3, 0.4) is 0 Å². The molecule has 0 unspecified atom stereocenters. The summed E-state index contributed by atoms with van der Waals surface area (Å²) in [6.45, 7) is 4.59. The van der Waals surface area contributed by atoms with Crippen molar-refractivity contribution in [2.24, 2.45) is 0 Å². The molecule has 2 aromatic carbocycles. The summed E-state index contributed by atoms with van der Waals surface area (Å²) in [5.41, 5.74) is 10.4. The number of nitriles is 1. The van der Waals surface area contributed by atoms with Crippen molar-refractivity contribution in [2.75, 3.05) is 5.73 Å². The van der Waals surface area contributed by atoms with Gasteiger partial charge in [-0.3, -0.25) is 4.57 Å². The number of hydrogen-bond donors (Lipinski definition) is 1. The molecule has 4 heteroatoms. The van der Waals surface area contributed by atoms with Gasteiger partial charge in [-0.25, -0.2) is 0 Å². The van der Waals surface area contributed by atoms with Crippen LogP contribution in [0.25, 0.3) is 0 Å². The van der Waals surface area contributed by atoms with Gasteiger partial charge in [0.1, 0.15) is 17.5 Å². The molecule has 1 heterocycles. The van der Waals surface area contributed by atoms with Gasteiger partial charge in [0.15, 0.2) is 0 Å². The van der Waals surface area contributed by atoms with Crippen LogP contribution in [0.2, 0.25) is 0 Å². The minimum absolute atomic E-state index is 0.460. The molecule has 0 fully saturated rings. The Kier molecular flexibility index (Phi) is 4.26. The smallest absolute Gasteiger partial charge is 0.224 e. The fraction of sp³-hybridized carbons (Fsp3) is 0.150. The molecule has 0 saturated carbocycles. The number of nitrogen functional groups attached to an aromatic ring is 1. The second-order valence-electron chi connectivity index (χ2n) is 5.83. The van der Waals surface area contributed by atoms with E-state index in [0.29, 0.717) is 29.6 Å². The maximum absolute atomic E-state index is 9.43. The highest BCUT2D eigenvalue weighted by Crippen LogP contribution is 2.32. The molecule has 0 aliphatic carbocycles. The molecule has 0 aliphatic heterocycles. The van der Waals surface area contributed by atoms with E-state index in [4.69, 9.17) is 10.5 Å². The minimum atomic E-state index is 0.460. The average molecular weight is 317 g/mol. The number of aromatic nitrogens is 1. The first-order valence-electron chi connectivity index (χ1n) is 7.76. The van der Waals surface area contributed by atoms with Crippen LogP contribution in [0.1, 0.15) is 22.4 Å². The van der Waals surface area contributed by atoms with E-state index in [1.165, 1.54) is 0 Å². The van der Waals surface area contributed by atoms with Crippen molar-refractivity contribution >= 4 is 5.69 Å². The Hall–Kier alpha value is -3.19. The Labute approximate surface area is 141 Å². The van der Waals surface area contributed by atoms with Gasteiger partial charge in [0.25, 0.3) is 0 Å². The summed E-state index contributed by atoms with van der Waals surface area (Å²) in [5, 5.41) is 9.43. The van der Waals surface area contributed by atoms with Crippen LogP contribution in [0.5, 0.6) is 11.6 Å². The van der Waals surface area contributed by atoms with Gasteiger partial charge in [-0.1, -0.05) is 36.4 Å². The zero-order valence-corrected chi connectivity index (χ0v) is 13.8. The van der Waals surface area contributed by atoms with Crippen molar-refractivity contribution in [1.29, 1.82) is 5.26 Å². The minimum Gasteiger partial charge on any atom is -0.439 e. The lowest BCUT2D eigenvalue weighted by molar-refractivity contribution is 0.437. The molecule has 3 rings (SSSR count). The molecule has 2 N–H and O–H groups in total. The number of aryl methyl sites for hydroxylation is 2. The zero-order valence-electron chi connectivity index (χ0n) is 13.8. The Bertz CT molecular complexity index is 919. The summed E-state index contributed by atoms with van der Waals surface area (Å²) in [6, 6.07) is 19.7. The predicted octanol–water partition coefficient (Wildman–Crippen LogP) is 4.40. The van der Waals surface area contributed by atoms with Crippen molar-refractivity contribution in [1.82, 2.24) is 4.57 Å². The second-order valence-corrected chi connectivity index (χ2v) is 5.83. The largest absolute Gasteiger partial charge is 0.439 e. The first kappa shape index (κ1) is 15.7. The van der Waals surface area contributed by atoms with Crippen molar-refractivity contribution in [2.45, 2.75) is 20.4 Å². The van der Waals surface area contributed by atoms with Crippen LogP contribution in [0.4, 0.5) is 5.69 Å². The lowest BCUT2D eigenvalue weighted by atomic mass is 10.1. The summed E-state index contributed by atoms with van der Waals surface area (Å²) in [5.74, 6) is 1.20. The zero-order chi connectivity index (χ0) is 17.1. The summed E-state index contributed by atoms with van der Waals surface area (Å²) < 4.78 is 7.82. The first-order chi connectivity index (χ1) is 11.6. The molecule has 0 radical (unpaired) electrons. The fourth-order valence-electron chi connectivity index (χ4n) is 2.66. The number of nitrogens with zero attached hydrogens (tertiary/aromatic N) is 2. The molecule has 0 bridgehead atoms. The van der Waals surface area contributed by atoms with E-state index in [0.717, 1.165) is 16.7 Å². The van der Waals surface area contributed by atoms with Crippen LogP contribution < -0.4 is 10.5 Å². The highest BCUT2D eigenvalue weighted by molar-refractivity contribution is 5.57. The molecular weight excluding hydrogens is 298 g/mol. The molecule has 24 heavy (non-hydrogen) atoms. The van der Waals surface area contributed by atoms with Gasteiger partial charge in [0.2, 0.25) is 5.88 Å². The normalized spacial score (nSPS) is 10.4. The monoisotopic (exact) mass is 317 g/mol. The van der Waals surface area contributed by atoms with Crippen LogP contribution in [-0.4, -0.2) is 4.57 Å². The SMILES string of the molecule is Cc1cccc(Oc2c(N)cc(C#N)n2Cc2ccccc2C)c1. The third-order valence-corrected chi connectivity index (χ3v) is 3.98. The standard InChI is InChI=1S/C20H19N3O/c1-14-6-5-9-18(10-14)24-20-19(22)11-17(12-21)23(20)13-16-8-4-3-7-15(16)2/h3-11H,13,22H2,1-2H3. The van der Waals surface area contributed by atoms with Gasteiger partial charge < -0.3 is 10.5 Å². The highest BCUT2D eigenvalue weighted by atomic mass is 16.5. The van der Waals surface area contributed by atoms with Gasteiger partial charge in [-0.15, -0.1) is 0 Å². The molecule has 0 saturated heterocycles. The van der Waals surface area contributed by atoms with Crippen molar-refractivity contribution in [3.05, 3.63) is 77.0 Å². The van der Waals surface area contributed by atoms with Crippen LogP contribution in [0.15, 0.2) is 54.6 Å². The third kappa shape index (κ3) is 3.11. The Morgan fingerprint density at radius 3 is 2.58 bits per heavy atom. The van der Waals surface area contributed by atoms with Gasteiger partial charge >= 0.3 is 0 Å². The fourth-order valence-corrected chi connectivity index (χ4v) is 2.66. The van der Waals surface area contributed by atoms with E-state index in [9.17, 15) is 5.26 Å². The molecule has 0 atom stereocenters. The molecule has 120 valence electrons. The summed E-state index contributed by atoms with van der Waals surface area (Å²) in [7, 11) is 0. The number of nitrogens with two attached hydrogens (primary N) is 1. The molecule has 0 amide bonds. The first-order valence-corrected chi connectivity index (χ1v) is 7.76. The Morgan fingerprint density at radius 2 is 1.88 bits per heavy atom. The van der Waals surface area contributed by atoms with Gasteiger partial charge in [0.05, 0.1) is 12.2 Å². The lowest BCUT2D eigenvalue weighted by Gasteiger charge is -2.14. The van der Waals surface area contributed by atoms with Crippen molar-refractivity contribution < 1.29 is 4.74 Å². The maximum Gasteiger partial charge on any atom is 0.224 e. The van der Waals surface area contributed by atoms with Crippen LogP contribution >= 0.6 is 0 Å². The van der Waals surface area contributed by atoms with Crippen LogP contribution in [-0.2, 0) is 6.54 Å². The van der Waals surface area contributed by atoms with E-state index in [1.54, 1.807) is 6.07 Å². The Morgan fingerprint density at radius 1 is 1.08 bits per heavy atom. The topological polar surface area (TPSA) is 64.0 Å².